The number of benzene rings is 1. The van der Waals surface area contributed by atoms with Crippen LogP contribution in [0.2, 0.25) is 0 Å². The minimum atomic E-state index is 0.223. The highest BCUT2D eigenvalue weighted by Gasteiger charge is 2.09. The first-order chi connectivity index (χ1) is 8.58. The summed E-state index contributed by atoms with van der Waals surface area (Å²) < 4.78 is 6.81. The van der Waals surface area contributed by atoms with Crippen molar-refractivity contribution in [3.63, 3.8) is 0 Å². The van der Waals surface area contributed by atoms with Crippen molar-refractivity contribution >= 4 is 33.1 Å². The van der Waals surface area contributed by atoms with Gasteiger partial charge in [-0.15, -0.1) is 0 Å². The topological polar surface area (TPSA) is 48.1 Å². The number of nitrogens with zero attached hydrogens (tertiary/aromatic N) is 1. The van der Waals surface area contributed by atoms with Crippen molar-refractivity contribution in [2.75, 3.05) is 0 Å². The van der Waals surface area contributed by atoms with Crippen LogP contribution in [-0.2, 0) is 0 Å². The highest BCUT2D eigenvalue weighted by Crippen LogP contribution is 2.28. The van der Waals surface area contributed by atoms with Crippen molar-refractivity contribution in [2.24, 2.45) is 5.73 Å². The first kappa shape index (κ1) is 13.0. The molecule has 0 unspecified atom stereocenters. The van der Waals surface area contributed by atoms with Crippen LogP contribution >= 0.6 is 28.1 Å². The zero-order valence-corrected chi connectivity index (χ0v) is 12.1. The Labute approximate surface area is 119 Å². The fourth-order valence-corrected chi connectivity index (χ4v) is 2.13. The molecule has 2 N–H and O–H groups in total. The molecule has 0 aliphatic heterocycles. The van der Waals surface area contributed by atoms with E-state index in [0.717, 1.165) is 15.8 Å². The Balaban J connectivity index is 2.37. The van der Waals surface area contributed by atoms with Gasteiger partial charge in [0.15, 0.2) is 5.75 Å². The van der Waals surface area contributed by atoms with E-state index in [2.05, 4.69) is 20.9 Å². The third-order valence-electron chi connectivity index (χ3n) is 2.36. The van der Waals surface area contributed by atoms with Gasteiger partial charge in [0.05, 0.1) is 0 Å². The summed E-state index contributed by atoms with van der Waals surface area (Å²) in [6, 6.07) is 9.36. The summed E-state index contributed by atoms with van der Waals surface area (Å²) in [6.07, 6.45) is 1.63. The van der Waals surface area contributed by atoms with Gasteiger partial charge in [0.25, 0.3) is 0 Å². The van der Waals surface area contributed by atoms with Gasteiger partial charge < -0.3 is 10.5 Å². The number of rotatable bonds is 3. The number of hydrogen-bond acceptors (Lipinski definition) is 3. The summed E-state index contributed by atoms with van der Waals surface area (Å²) in [7, 11) is 0. The highest BCUT2D eigenvalue weighted by atomic mass is 79.9. The van der Waals surface area contributed by atoms with Gasteiger partial charge in [-0.3, -0.25) is 0 Å². The van der Waals surface area contributed by atoms with Crippen LogP contribution < -0.4 is 10.5 Å². The molecular formula is C13H11BrN2OS. The van der Waals surface area contributed by atoms with E-state index in [1.807, 2.05) is 25.1 Å². The maximum Gasteiger partial charge on any atom is 0.156 e. The monoisotopic (exact) mass is 322 g/mol. The van der Waals surface area contributed by atoms with E-state index in [1.54, 1.807) is 18.3 Å². The SMILES string of the molecule is Cc1cc(Br)ccc1Oc1cccnc1C(N)=S. The second-order valence-corrected chi connectivity index (χ2v) is 5.08. The average Bonchev–Trinajstić information content (AvgIpc) is 2.33. The highest BCUT2D eigenvalue weighted by molar-refractivity contribution is 9.10. The Morgan fingerprint density at radius 1 is 1.33 bits per heavy atom. The lowest BCUT2D eigenvalue weighted by atomic mass is 10.2. The number of aromatic nitrogens is 1. The zero-order valence-electron chi connectivity index (χ0n) is 9.68. The quantitative estimate of drug-likeness (QED) is 0.877. The summed E-state index contributed by atoms with van der Waals surface area (Å²) in [5.74, 6) is 1.32. The van der Waals surface area contributed by atoms with E-state index in [9.17, 15) is 0 Å². The summed E-state index contributed by atoms with van der Waals surface area (Å²) >= 11 is 8.36. The van der Waals surface area contributed by atoms with Crippen molar-refractivity contribution in [1.29, 1.82) is 0 Å². The van der Waals surface area contributed by atoms with E-state index in [1.165, 1.54) is 0 Å². The van der Waals surface area contributed by atoms with Gasteiger partial charge in [0.2, 0.25) is 0 Å². The van der Waals surface area contributed by atoms with Crippen molar-refractivity contribution in [2.45, 2.75) is 6.92 Å². The van der Waals surface area contributed by atoms with E-state index in [0.29, 0.717) is 11.4 Å². The number of aryl methyl sites for hydroxylation is 1. The molecule has 0 fully saturated rings. The third-order valence-corrected chi connectivity index (χ3v) is 3.05. The largest absolute Gasteiger partial charge is 0.455 e. The second-order valence-electron chi connectivity index (χ2n) is 3.73. The van der Waals surface area contributed by atoms with Crippen molar-refractivity contribution < 1.29 is 4.74 Å². The number of ether oxygens (including phenoxy) is 1. The van der Waals surface area contributed by atoms with Crippen LogP contribution in [0.1, 0.15) is 11.3 Å². The Bertz CT molecular complexity index is 601. The average molecular weight is 323 g/mol. The number of pyridine rings is 1. The molecule has 0 atom stereocenters. The van der Waals surface area contributed by atoms with Crippen molar-refractivity contribution in [3.8, 4) is 11.5 Å². The lowest BCUT2D eigenvalue weighted by Gasteiger charge is -2.11. The molecule has 1 heterocycles. The minimum absolute atomic E-state index is 0.223. The number of nitrogens with two attached hydrogens (primary N) is 1. The standard InChI is InChI=1S/C13H11BrN2OS/c1-8-7-9(14)4-5-10(8)17-11-3-2-6-16-12(11)13(15)18/h2-7H,1H3,(H2,15,18). The van der Waals surface area contributed by atoms with E-state index < -0.39 is 0 Å². The van der Waals surface area contributed by atoms with Crippen LogP contribution in [0.3, 0.4) is 0 Å². The molecule has 0 saturated carbocycles. The summed E-state index contributed by atoms with van der Waals surface area (Å²) in [5.41, 5.74) is 7.12. The molecule has 3 nitrogen and oxygen atoms in total. The second kappa shape index (κ2) is 5.46. The van der Waals surface area contributed by atoms with Crippen LogP contribution in [0.5, 0.6) is 11.5 Å². The lowest BCUT2D eigenvalue weighted by Crippen LogP contribution is -2.12. The molecule has 1 aromatic heterocycles. The molecule has 5 heteroatoms. The van der Waals surface area contributed by atoms with Crippen LogP contribution in [-0.4, -0.2) is 9.97 Å². The van der Waals surface area contributed by atoms with Gasteiger partial charge in [-0.1, -0.05) is 28.1 Å². The summed E-state index contributed by atoms with van der Waals surface area (Å²) in [5, 5.41) is 0. The normalized spacial score (nSPS) is 10.1. The van der Waals surface area contributed by atoms with Crippen LogP contribution in [0, 0.1) is 6.92 Å². The van der Waals surface area contributed by atoms with Gasteiger partial charge in [-0.2, -0.15) is 0 Å². The molecule has 92 valence electrons. The smallest absolute Gasteiger partial charge is 0.156 e. The Hall–Kier alpha value is -1.46. The zero-order chi connectivity index (χ0) is 13.1. The van der Waals surface area contributed by atoms with Gasteiger partial charge in [-0.05, 0) is 42.8 Å². The molecule has 2 aromatic rings. The first-order valence-electron chi connectivity index (χ1n) is 5.27. The molecule has 0 aliphatic carbocycles. The molecule has 0 radical (unpaired) electrons. The van der Waals surface area contributed by atoms with Crippen LogP contribution in [0.15, 0.2) is 41.0 Å². The fraction of sp³-hybridized carbons (Fsp3) is 0.0769. The Morgan fingerprint density at radius 2 is 2.11 bits per heavy atom. The van der Waals surface area contributed by atoms with Crippen molar-refractivity contribution in [3.05, 3.63) is 52.3 Å². The molecule has 0 bridgehead atoms. The summed E-state index contributed by atoms with van der Waals surface area (Å²) in [4.78, 5) is 4.34. The molecule has 0 saturated heterocycles. The molecule has 2 rings (SSSR count). The molecule has 1 aromatic carbocycles. The third kappa shape index (κ3) is 2.86. The van der Waals surface area contributed by atoms with E-state index >= 15 is 0 Å². The van der Waals surface area contributed by atoms with Crippen LogP contribution in [0.4, 0.5) is 0 Å². The maximum atomic E-state index is 5.81. The number of thiocarbonyl (C=S) groups is 1. The van der Waals surface area contributed by atoms with Gasteiger partial charge in [-0.25, -0.2) is 4.98 Å². The van der Waals surface area contributed by atoms with Crippen LogP contribution in [0.25, 0.3) is 0 Å². The maximum absolute atomic E-state index is 5.81. The van der Waals surface area contributed by atoms with E-state index in [4.69, 9.17) is 22.7 Å². The number of hydrogen-bond donors (Lipinski definition) is 1. The lowest BCUT2D eigenvalue weighted by molar-refractivity contribution is 0.475. The Morgan fingerprint density at radius 3 is 2.78 bits per heavy atom. The number of halogens is 1. The van der Waals surface area contributed by atoms with E-state index in [-0.39, 0.29) is 4.99 Å². The minimum Gasteiger partial charge on any atom is -0.455 e. The molecule has 18 heavy (non-hydrogen) atoms. The van der Waals surface area contributed by atoms with Crippen molar-refractivity contribution in [1.82, 2.24) is 4.98 Å². The van der Waals surface area contributed by atoms with Gasteiger partial charge in [0.1, 0.15) is 16.4 Å². The first-order valence-corrected chi connectivity index (χ1v) is 6.47. The molecular weight excluding hydrogens is 312 g/mol. The Kier molecular flexibility index (Phi) is 3.93. The predicted molar refractivity (Wildman–Crippen MR) is 79.1 cm³/mol. The predicted octanol–water partition coefficient (Wildman–Crippen LogP) is 3.58. The fourth-order valence-electron chi connectivity index (χ4n) is 1.50. The van der Waals surface area contributed by atoms with Gasteiger partial charge >= 0.3 is 0 Å². The molecule has 0 spiro atoms. The molecule has 0 amide bonds. The summed E-state index contributed by atoms with van der Waals surface area (Å²) in [6.45, 7) is 1.97. The van der Waals surface area contributed by atoms with Gasteiger partial charge in [0, 0.05) is 10.7 Å². The molecule has 0 aliphatic rings.